The van der Waals surface area contributed by atoms with Gasteiger partial charge in [0.2, 0.25) is 0 Å². The highest BCUT2D eigenvalue weighted by Crippen LogP contribution is 2.38. The molecule has 1 amide bonds. The van der Waals surface area contributed by atoms with Gasteiger partial charge in [-0.3, -0.25) is 9.78 Å². The monoisotopic (exact) mass is 485 g/mol. The molecule has 5 rings (SSSR count). The lowest BCUT2D eigenvalue weighted by Crippen LogP contribution is -2.38. The van der Waals surface area contributed by atoms with Crippen LogP contribution in [0.25, 0.3) is 22.0 Å². The van der Waals surface area contributed by atoms with Crippen LogP contribution < -0.4 is 9.64 Å². The molecule has 0 unspecified atom stereocenters. The van der Waals surface area contributed by atoms with Gasteiger partial charge in [0, 0.05) is 17.1 Å². The lowest BCUT2D eigenvalue weighted by Gasteiger charge is -2.30. The molecule has 8 heteroatoms. The zero-order chi connectivity index (χ0) is 24.4. The van der Waals surface area contributed by atoms with Gasteiger partial charge < -0.3 is 14.4 Å². The fraction of sp³-hybridized carbons (Fsp3) is 0.185. The fourth-order valence-electron chi connectivity index (χ4n) is 3.76. The molecule has 0 aliphatic carbocycles. The van der Waals surface area contributed by atoms with Crippen LogP contribution in [0.4, 0.5) is 5.69 Å². The number of nitrogens with zero attached hydrogens (tertiary/aromatic N) is 3. The van der Waals surface area contributed by atoms with E-state index in [1.54, 1.807) is 23.2 Å². The maximum absolute atomic E-state index is 12.8. The van der Waals surface area contributed by atoms with Gasteiger partial charge in [-0.2, -0.15) is 0 Å². The smallest absolute Gasteiger partial charge is 0.338 e. The third kappa shape index (κ3) is 4.93. The number of anilines is 1. The van der Waals surface area contributed by atoms with Crippen LogP contribution in [0.1, 0.15) is 29.8 Å². The molecule has 0 bridgehead atoms. The number of aromatic nitrogens is 2. The van der Waals surface area contributed by atoms with E-state index in [9.17, 15) is 9.59 Å². The molecule has 7 nitrogen and oxygen atoms in total. The maximum Gasteiger partial charge on any atom is 0.338 e. The van der Waals surface area contributed by atoms with E-state index in [0.717, 1.165) is 27.5 Å². The molecule has 0 saturated carbocycles. The molecule has 0 radical (unpaired) electrons. The van der Waals surface area contributed by atoms with Gasteiger partial charge in [-0.05, 0) is 61.9 Å². The minimum Gasteiger partial charge on any atom is -0.482 e. The van der Waals surface area contributed by atoms with Crippen molar-refractivity contribution in [2.75, 3.05) is 11.5 Å². The van der Waals surface area contributed by atoms with Gasteiger partial charge in [-0.1, -0.05) is 18.2 Å². The molecule has 0 fully saturated rings. The lowest BCUT2D eigenvalue weighted by atomic mass is 10.1. The number of carbonyl (C=O) groups is 2. The van der Waals surface area contributed by atoms with Crippen molar-refractivity contribution >= 4 is 28.9 Å². The van der Waals surface area contributed by atoms with Crippen LogP contribution in [0.3, 0.4) is 0 Å². The number of benzene rings is 2. The van der Waals surface area contributed by atoms with Gasteiger partial charge in [0.1, 0.15) is 10.8 Å². The van der Waals surface area contributed by atoms with E-state index in [-0.39, 0.29) is 24.6 Å². The Morgan fingerprint density at radius 1 is 1.11 bits per heavy atom. The summed E-state index contributed by atoms with van der Waals surface area (Å²) >= 11 is 1.52. The molecule has 3 heterocycles. The van der Waals surface area contributed by atoms with E-state index in [1.807, 2.05) is 67.8 Å². The van der Waals surface area contributed by atoms with E-state index >= 15 is 0 Å². The van der Waals surface area contributed by atoms with Crippen molar-refractivity contribution in [1.82, 2.24) is 9.97 Å². The van der Waals surface area contributed by atoms with Crippen LogP contribution in [0.15, 0.2) is 72.2 Å². The SMILES string of the molecule is CC(C)OC(=O)c1ccc(CN2C(=O)COc3ccc(-c4csc(-c5ccccn5)n4)cc32)cc1. The number of fused-ring (bicyclic) bond motifs is 1. The first-order valence-electron chi connectivity index (χ1n) is 11.2. The maximum atomic E-state index is 12.8. The Bertz CT molecular complexity index is 1370. The van der Waals surface area contributed by atoms with Gasteiger partial charge in [0.05, 0.1) is 35.3 Å². The number of pyridine rings is 1. The molecule has 0 atom stereocenters. The van der Waals surface area contributed by atoms with Crippen LogP contribution in [0.5, 0.6) is 5.75 Å². The largest absolute Gasteiger partial charge is 0.482 e. The molecule has 176 valence electrons. The van der Waals surface area contributed by atoms with Crippen LogP contribution >= 0.6 is 11.3 Å². The molecule has 1 aliphatic rings. The third-order valence-corrected chi connectivity index (χ3v) is 6.32. The van der Waals surface area contributed by atoms with Gasteiger partial charge in [-0.15, -0.1) is 11.3 Å². The predicted octanol–water partition coefficient (Wildman–Crippen LogP) is 5.36. The lowest BCUT2D eigenvalue weighted by molar-refractivity contribution is -0.121. The predicted molar refractivity (Wildman–Crippen MR) is 134 cm³/mol. The van der Waals surface area contributed by atoms with Crippen molar-refractivity contribution in [3.05, 3.63) is 83.4 Å². The van der Waals surface area contributed by atoms with Crippen LogP contribution in [-0.4, -0.2) is 34.6 Å². The zero-order valence-electron chi connectivity index (χ0n) is 19.3. The van der Waals surface area contributed by atoms with Crippen molar-refractivity contribution in [3.63, 3.8) is 0 Å². The van der Waals surface area contributed by atoms with Gasteiger partial charge >= 0.3 is 5.97 Å². The summed E-state index contributed by atoms with van der Waals surface area (Å²) in [4.78, 5) is 35.7. The number of rotatable bonds is 6. The van der Waals surface area contributed by atoms with Crippen LogP contribution in [-0.2, 0) is 16.1 Å². The summed E-state index contributed by atoms with van der Waals surface area (Å²) in [5.74, 6) is 0.147. The number of esters is 1. The second-order valence-corrected chi connectivity index (χ2v) is 9.21. The molecule has 0 N–H and O–H groups in total. The van der Waals surface area contributed by atoms with Crippen molar-refractivity contribution in [2.24, 2.45) is 0 Å². The van der Waals surface area contributed by atoms with Gasteiger partial charge in [-0.25, -0.2) is 9.78 Å². The van der Waals surface area contributed by atoms with Crippen molar-refractivity contribution < 1.29 is 19.1 Å². The molecule has 0 saturated heterocycles. The highest BCUT2D eigenvalue weighted by Gasteiger charge is 2.26. The molecular formula is C27H23N3O4S. The van der Waals surface area contributed by atoms with Gasteiger partial charge in [0.25, 0.3) is 5.91 Å². The van der Waals surface area contributed by atoms with Crippen molar-refractivity contribution in [3.8, 4) is 27.7 Å². The fourth-order valence-corrected chi connectivity index (χ4v) is 4.56. The Hall–Kier alpha value is -4.04. The number of amides is 1. The highest BCUT2D eigenvalue weighted by atomic mass is 32.1. The summed E-state index contributed by atoms with van der Waals surface area (Å²) in [6.45, 7) is 3.96. The Morgan fingerprint density at radius 3 is 2.69 bits per heavy atom. The molecule has 4 aromatic rings. The number of thiazole rings is 1. The van der Waals surface area contributed by atoms with Crippen LogP contribution in [0.2, 0.25) is 0 Å². The first-order valence-corrected chi connectivity index (χ1v) is 12.1. The molecule has 2 aromatic carbocycles. The van der Waals surface area contributed by atoms with Gasteiger partial charge in [0.15, 0.2) is 6.61 Å². The quantitative estimate of drug-likeness (QED) is 0.342. The van der Waals surface area contributed by atoms with E-state index in [4.69, 9.17) is 14.5 Å². The number of carbonyl (C=O) groups excluding carboxylic acids is 2. The molecule has 0 spiro atoms. The van der Waals surface area contributed by atoms with E-state index < -0.39 is 0 Å². The summed E-state index contributed by atoms with van der Waals surface area (Å²) in [5.41, 5.74) is 4.58. The Balaban J connectivity index is 1.40. The molecule has 1 aliphatic heterocycles. The van der Waals surface area contributed by atoms with E-state index in [0.29, 0.717) is 23.5 Å². The topological polar surface area (TPSA) is 81.6 Å². The summed E-state index contributed by atoms with van der Waals surface area (Å²) in [6, 6.07) is 18.6. The molecule has 2 aromatic heterocycles. The number of hydrogen-bond donors (Lipinski definition) is 0. The zero-order valence-corrected chi connectivity index (χ0v) is 20.1. The first kappa shape index (κ1) is 22.7. The number of ether oxygens (including phenoxy) is 2. The van der Waals surface area contributed by atoms with E-state index in [2.05, 4.69) is 4.98 Å². The average molecular weight is 486 g/mol. The van der Waals surface area contributed by atoms with Crippen molar-refractivity contribution in [1.29, 1.82) is 0 Å². The van der Waals surface area contributed by atoms with E-state index in [1.165, 1.54) is 11.3 Å². The molecule has 35 heavy (non-hydrogen) atoms. The second kappa shape index (κ2) is 9.68. The minimum absolute atomic E-state index is 0.0222. The minimum atomic E-state index is -0.364. The highest BCUT2D eigenvalue weighted by molar-refractivity contribution is 7.13. The third-order valence-electron chi connectivity index (χ3n) is 5.46. The number of hydrogen-bond acceptors (Lipinski definition) is 7. The Kier molecular flexibility index (Phi) is 6.29. The second-order valence-electron chi connectivity index (χ2n) is 8.35. The normalized spacial score (nSPS) is 12.9. The Morgan fingerprint density at radius 2 is 1.94 bits per heavy atom. The van der Waals surface area contributed by atoms with Crippen molar-refractivity contribution in [2.45, 2.75) is 26.5 Å². The van der Waals surface area contributed by atoms with Crippen LogP contribution in [0, 0.1) is 0 Å². The summed E-state index contributed by atoms with van der Waals surface area (Å²) in [6.07, 6.45) is 1.56. The molecular weight excluding hydrogens is 462 g/mol. The summed E-state index contributed by atoms with van der Waals surface area (Å²) in [5, 5.41) is 2.81. The Labute approximate surface area is 207 Å². The summed E-state index contributed by atoms with van der Waals surface area (Å²) in [7, 11) is 0. The first-order chi connectivity index (χ1) is 17.0. The average Bonchev–Trinajstić information content (AvgIpc) is 3.36. The standard InChI is InChI=1S/C27H23N3O4S/c1-17(2)34-27(32)19-8-6-18(7-9-19)14-30-23-13-20(10-11-24(23)33-15-25(30)31)22-16-35-26(29-22)21-5-3-4-12-28-21/h3-13,16-17H,14-15H2,1-2H3. The summed E-state index contributed by atoms with van der Waals surface area (Å²) < 4.78 is 10.9.